The summed E-state index contributed by atoms with van der Waals surface area (Å²) in [6.45, 7) is 4.44. The molecule has 1 aromatic carbocycles. The summed E-state index contributed by atoms with van der Waals surface area (Å²) in [4.78, 5) is 18.9. The number of sulfonamides is 1. The minimum absolute atomic E-state index is 0.0174. The Bertz CT molecular complexity index is 1340. The van der Waals surface area contributed by atoms with Gasteiger partial charge in [-0.1, -0.05) is 64.5 Å². The largest absolute Gasteiger partial charge is 0.758 e. The van der Waals surface area contributed by atoms with E-state index in [4.69, 9.17) is 14.3 Å². The summed E-state index contributed by atoms with van der Waals surface area (Å²) in [5.74, 6) is 2.64. The Morgan fingerprint density at radius 2 is 1.59 bits per heavy atom. The van der Waals surface area contributed by atoms with Crippen LogP contribution in [-0.2, 0) is 19.6 Å². The normalized spacial score (nSPS) is 32.9. The van der Waals surface area contributed by atoms with Crippen molar-refractivity contribution >= 4 is 15.9 Å². The molecule has 5 atom stereocenters. The van der Waals surface area contributed by atoms with Crippen LogP contribution in [0.15, 0.2) is 30.0 Å². The molecule has 0 aromatic heterocycles. The third kappa shape index (κ3) is 5.65. The second kappa shape index (κ2) is 12.5. The molecule has 0 radical (unpaired) electrons. The fourth-order valence-corrected chi connectivity index (χ4v) is 12.3. The summed E-state index contributed by atoms with van der Waals surface area (Å²) in [6.07, 6.45) is 12.1. The second-order valence-electron chi connectivity index (χ2n) is 14.5. The smallest absolute Gasteiger partial charge is 0.320 e. The molecule has 1 aliphatic heterocycles. The van der Waals surface area contributed by atoms with Gasteiger partial charge < -0.3 is 14.9 Å². The molecule has 6 rings (SSSR count). The van der Waals surface area contributed by atoms with E-state index in [0.717, 1.165) is 76.2 Å². The SMILES string of the molecule is COc1ccc([C@H]2C[C@@H](O[C@@H]3C[C@H]4CC[C@]3(CS(=O)(=O)N(C3CCCCC3)C3CCCCC3)C4(C)C)O[N+](=O)C2=C=[N-])cc1. The Morgan fingerprint density at radius 3 is 2.14 bits per heavy atom. The Balaban J connectivity index is 1.27. The molecule has 0 spiro atoms. The fourth-order valence-electron chi connectivity index (χ4n) is 9.50. The summed E-state index contributed by atoms with van der Waals surface area (Å²) in [7, 11) is -2.00. The van der Waals surface area contributed by atoms with Crippen LogP contribution in [0.3, 0.4) is 0 Å². The van der Waals surface area contributed by atoms with Gasteiger partial charge in [-0.05, 0) is 74.0 Å². The van der Waals surface area contributed by atoms with Crippen molar-refractivity contribution in [2.75, 3.05) is 12.9 Å². The lowest BCUT2D eigenvalue weighted by Gasteiger charge is -2.46. The molecule has 0 N–H and O–H groups in total. The zero-order valence-electron chi connectivity index (χ0n) is 26.6. The molecule has 4 saturated carbocycles. The van der Waals surface area contributed by atoms with E-state index < -0.39 is 27.6 Å². The van der Waals surface area contributed by atoms with E-state index in [0.29, 0.717) is 23.0 Å². The van der Waals surface area contributed by atoms with Crippen LogP contribution in [0.1, 0.15) is 115 Å². The summed E-state index contributed by atoms with van der Waals surface area (Å²) in [5.41, 5.74) is -0.0255. The summed E-state index contributed by atoms with van der Waals surface area (Å²) < 4.78 is 43.5. The van der Waals surface area contributed by atoms with Gasteiger partial charge in [0, 0.05) is 23.9 Å². The minimum Gasteiger partial charge on any atom is -0.758 e. The molecular formula is C34H49N3O6S. The van der Waals surface area contributed by atoms with Crippen molar-refractivity contribution in [1.82, 2.24) is 4.31 Å². The lowest BCUT2D eigenvalue weighted by molar-refractivity contribution is -0.801. The van der Waals surface area contributed by atoms with Crippen LogP contribution in [0.2, 0.25) is 0 Å². The monoisotopic (exact) mass is 627 g/mol. The lowest BCUT2D eigenvalue weighted by Crippen LogP contribution is -2.55. The van der Waals surface area contributed by atoms with Crippen molar-refractivity contribution in [3.8, 4) is 5.75 Å². The number of fused-ring (bicyclic) bond motifs is 2. The number of hydrogen-bond donors (Lipinski definition) is 0. The van der Waals surface area contributed by atoms with Gasteiger partial charge in [0.05, 0.1) is 29.8 Å². The lowest BCUT2D eigenvalue weighted by atomic mass is 9.69. The van der Waals surface area contributed by atoms with Gasteiger partial charge in [-0.3, -0.25) is 0 Å². The first-order chi connectivity index (χ1) is 21.1. The Labute approximate surface area is 262 Å². The average Bonchev–Trinajstić information content (AvgIpc) is 3.37. The molecule has 9 nitrogen and oxygen atoms in total. The fraction of sp³-hybridized carbons (Fsp3) is 0.765. The van der Waals surface area contributed by atoms with Gasteiger partial charge >= 0.3 is 5.70 Å². The van der Waals surface area contributed by atoms with Crippen molar-refractivity contribution in [3.63, 3.8) is 0 Å². The van der Waals surface area contributed by atoms with Crippen LogP contribution in [0.5, 0.6) is 5.75 Å². The zero-order chi connectivity index (χ0) is 31.1. The molecule has 10 heteroatoms. The van der Waals surface area contributed by atoms with Crippen LogP contribution in [0.25, 0.3) is 5.41 Å². The maximum Gasteiger partial charge on any atom is 0.320 e. The van der Waals surface area contributed by atoms with Gasteiger partial charge in [0.1, 0.15) is 5.75 Å². The highest BCUT2D eigenvalue weighted by Crippen LogP contribution is 2.67. The summed E-state index contributed by atoms with van der Waals surface area (Å²) in [5, 5.41) is 9.81. The molecule has 1 heterocycles. The van der Waals surface area contributed by atoms with Crippen molar-refractivity contribution in [2.24, 2.45) is 16.7 Å². The first kappa shape index (κ1) is 31.7. The number of benzene rings is 1. The van der Waals surface area contributed by atoms with E-state index >= 15 is 0 Å². The second-order valence-corrected chi connectivity index (χ2v) is 16.4. The third-order valence-corrected chi connectivity index (χ3v) is 14.2. The Hall–Kier alpha value is -2.26. The molecule has 44 heavy (non-hydrogen) atoms. The number of methoxy groups -OCH3 is 1. The van der Waals surface area contributed by atoms with Crippen LogP contribution in [0, 0.1) is 21.7 Å². The topological polar surface area (TPSA) is 107 Å². The Kier molecular flexibility index (Phi) is 9.01. The maximum absolute atomic E-state index is 14.7. The zero-order valence-corrected chi connectivity index (χ0v) is 27.4. The molecule has 1 aromatic rings. The Morgan fingerprint density at radius 1 is 0.977 bits per heavy atom. The van der Waals surface area contributed by atoms with Gasteiger partial charge in [-0.15, -0.1) is 0 Å². The number of rotatable bonds is 9. The number of allylic oxidation sites excluding steroid dienone is 1. The van der Waals surface area contributed by atoms with Crippen molar-refractivity contribution in [1.29, 1.82) is 0 Å². The molecule has 5 aliphatic rings. The molecule has 0 unspecified atom stereocenters. The van der Waals surface area contributed by atoms with Crippen LogP contribution < -0.4 is 4.74 Å². The highest BCUT2D eigenvalue weighted by Gasteiger charge is 2.67. The van der Waals surface area contributed by atoms with Crippen LogP contribution in [0.4, 0.5) is 0 Å². The third-order valence-electron chi connectivity index (χ3n) is 12.1. The maximum atomic E-state index is 14.7. The standard InChI is InChI=1S/C34H49N3O6S/c1-33(2)25-18-19-34(33,23-44(39,40)36(26-10-6-4-7-11-26)27-12-8-5-9-13-27)31(20-25)42-32-21-29(30(22-35)37(38)43-32)24-14-16-28(41-3)17-15-24/h14-17,25-27,29,31-32H,4-13,18-21,23H2,1-3H3/t25-,29-,31-,32+,34-/m1/s1. The van der Waals surface area contributed by atoms with Crippen molar-refractivity contribution in [3.05, 3.63) is 45.8 Å². The quantitative estimate of drug-likeness (QED) is 0.277. The van der Waals surface area contributed by atoms with Crippen molar-refractivity contribution < 1.29 is 27.7 Å². The van der Waals surface area contributed by atoms with Gasteiger partial charge in [0.25, 0.3) is 11.2 Å². The molecule has 5 fully saturated rings. The molecule has 242 valence electrons. The van der Waals surface area contributed by atoms with Crippen LogP contribution >= 0.6 is 0 Å². The van der Waals surface area contributed by atoms with Gasteiger partial charge in [0.2, 0.25) is 10.0 Å². The van der Waals surface area contributed by atoms with Crippen molar-refractivity contribution in [2.45, 2.75) is 134 Å². The van der Waals surface area contributed by atoms with Gasteiger partial charge in [-0.25, -0.2) is 8.42 Å². The number of nitrogens with zero attached hydrogens (tertiary/aromatic N) is 3. The molecule has 0 amide bonds. The highest BCUT2D eigenvalue weighted by atomic mass is 32.2. The number of ether oxygens (including phenoxy) is 2. The van der Waals surface area contributed by atoms with Gasteiger partial charge in [0.15, 0.2) is 0 Å². The van der Waals surface area contributed by atoms with Gasteiger partial charge in [-0.2, -0.15) is 15.0 Å². The van der Waals surface area contributed by atoms with Crippen LogP contribution in [-0.4, -0.2) is 60.9 Å². The average molecular weight is 628 g/mol. The molecular weight excluding hydrogens is 578 g/mol. The molecule has 2 bridgehead atoms. The minimum atomic E-state index is -3.60. The van der Waals surface area contributed by atoms with E-state index in [1.54, 1.807) is 7.11 Å². The summed E-state index contributed by atoms with van der Waals surface area (Å²) >= 11 is 0. The van der Waals surface area contributed by atoms with E-state index in [1.165, 1.54) is 12.8 Å². The van der Waals surface area contributed by atoms with E-state index in [9.17, 15) is 18.7 Å². The number of hydrogen-bond acceptors (Lipinski definition) is 6. The predicted molar refractivity (Wildman–Crippen MR) is 169 cm³/mol. The van der Waals surface area contributed by atoms with E-state index in [-0.39, 0.29) is 35.1 Å². The molecule has 4 aliphatic carbocycles. The predicted octanol–water partition coefficient (Wildman–Crippen LogP) is 6.85. The van der Waals surface area contributed by atoms with E-state index in [2.05, 4.69) is 13.8 Å². The van der Waals surface area contributed by atoms with E-state index in [1.807, 2.05) is 34.4 Å². The highest BCUT2D eigenvalue weighted by molar-refractivity contribution is 7.89. The first-order valence-corrected chi connectivity index (χ1v) is 18.4. The molecule has 1 saturated heterocycles. The summed E-state index contributed by atoms with van der Waals surface area (Å²) in [6, 6.07) is 7.53. The first-order valence-electron chi connectivity index (χ1n) is 16.8.